The van der Waals surface area contributed by atoms with Crippen LogP contribution < -0.4 is 6.15 Å². The Balaban J connectivity index is 0. The molecule has 0 rings (SSSR count). The topological polar surface area (TPSA) is 73.7 Å². The molecular formula is CH7NO3. The smallest absolute Gasteiger partial charge is 0.0744 e. The summed E-state index contributed by atoms with van der Waals surface area (Å²) in [4.78, 5) is 3.60. The van der Waals surface area contributed by atoms with Gasteiger partial charge >= 0.3 is 0 Å². The largest absolute Gasteiger partial charge is 0.344 e. The number of hydrogen-bond donors (Lipinski definition) is 2. The summed E-state index contributed by atoms with van der Waals surface area (Å²) in [6.45, 7) is 0. The van der Waals surface area contributed by atoms with Gasteiger partial charge in [0.15, 0.2) is 0 Å². The van der Waals surface area contributed by atoms with Crippen molar-refractivity contribution in [1.82, 2.24) is 6.15 Å². The fourth-order valence-electron chi connectivity index (χ4n) is 0. The lowest BCUT2D eigenvalue weighted by Gasteiger charge is -1.74. The third kappa shape index (κ3) is 18.4. The van der Waals surface area contributed by atoms with Crippen LogP contribution in [-0.2, 0) is 9.93 Å². The van der Waals surface area contributed by atoms with Crippen molar-refractivity contribution in [3.8, 4) is 0 Å². The predicted octanol–water partition coefficient (Wildman–Crippen LogP) is 0.199. The fourth-order valence-corrected chi connectivity index (χ4v) is 0. The Hall–Kier alpha value is -0.160. The summed E-state index contributed by atoms with van der Waals surface area (Å²) in [5.74, 6) is 0. The van der Waals surface area contributed by atoms with E-state index in [1.165, 1.54) is 7.11 Å². The first-order valence-electron chi connectivity index (χ1n) is 0.757. The average Bonchev–Trinajstić information content (AvgIpc) is 1.37. The van der Waals surface area contributed by atoms with E-state index in [-0.39, 0.29) is 6.15 Å². The van der Waals surface area contributed by atoms with Crippen LogP contribution in [0.25, 0.3) is 0 Å². The zero-order chi connectivity index (χ0) is 3.41. The van der Waals surface area contributed by atoms with Crippen molar-refractivity contribution in [2.24, 2.45) is 0 Å². The van der Waals surface area contributed by atoms with Crippen LogP contribution in [0.5, 0.6) is 0 Å². The second-order valence-corrected chi connectivity index (χ2v) is 0.241. The van der Waals surface area contributed by atoms with E-state index in [0.29, 0.717) is 0 Å². The molecule has 0 spiro atoms. The Morgan fingerprint density at radius 1 is 1.60 bits per heavy atom. The normalized spacial score (nSPS) is 6.00. The van der Waals surface area contributed by atoms with Gasteiger partial charge in [-0.2, -0.15) is 0 Å². The van der Waals surface area contributed by atoms with Gasteiger partial charge in [-0.05, 0) is 0 Å². The fraction of sp³-hybridized carbons (Fsp3) is 1.00. The molecule has 0 amide bonds. The molecule has 0 heterocycles. The molecule has 0 fully saturated rings. The maximum absolute atomic E-state index is 7.15. The lowest BCUT2D eigenvalue weighted by molar-refractivity contribution is -0.479. The highest BCUT2D eigenvalue weighted by atomic mass is 17.5. The summed E-state index contributed by atoms with van der Waals surface area (Å²) in [6, 6.07) is 0. The Morgan fingerprint density at radius 2 is 1.80 bits per heavy atom. The van der Waals surface area contributed by atoms with Gasteiger partial charge in [-0.1, -0.05) is 5.04 Å². The lowest BCUT2D eigenvalue weighted by Crippen LogP contribution is -1.74. The average molecular weight is 81.1 g/mol. The number of rotatable bonds is 1. The third-order valence-electron chi connectivity index (χ3n) is 0.0745. The first-order valence-corrected chi connectivity index (χ1v) is 0.757. The van der Waals surface area contributed by atoms with Crippen LogP contribution in [0.3, 0.4) is 0 Å². The van der Waals surface area contributed by atoms with Crippen LogP contribution in [0, 0.1) is 0 Å². The molecule has 0 saturated carbocycles. The van der Waals surface area contributed by atoms with E-state index in [9.17, 15) is 0 Å². The highest BCUT2D eigenvalue weighted by Crippen LogP contribution is 1.50. The molecule has 0 bridgehead atoms. The summed E-state index contributed by atoms with van der Waals surface area (Å²) in [5, 5.41) is 10.2. The van der Waals surface area contributed by atoms with E-state index >= 15 is 0 Å². The van der Waals surface area contributed by atoms with Gasteiger partial charge in [0.2, 0.25) is 0 Å². The summed E-state index contributed by atoms with van der Waals surface area (Å²) in [5.41, 5.74) is 0. The van der Waals surface area contributed by atoms with Gasteiger partial charge in [0.1, 0.15) is 0 Å². The van der Waals surface area contributed by atoms with Crippen LogP contribution >= 0.6 is 0 Å². The first-order chi connectivity index (χ1) is 1.91. The van der Waals surface area contributed by atoms with Gasteiger partial charge in [0.25, 0.3) is 0 Å². The third-order valence-corrected chi connectivity index (χ3v) is 0.0745. The zero-order valence-electron chi connectivity index (χ0n) is 2.97. The second-order valence-electron chi connectivity index (χ2n) is 0.241. The summed E-state index contributed by atoms with van der Waals surface area (Å²) in [6.07, 6.45) is 0. The van der Waals surface area contributed by atoms with Crippen LogP contribution in [-0.4, -0.2) is 12.4 Å². The monoisotopic (exact) mass is 81.0 g/mol. The van der Waals surface area contributed by atoms with Gasteiger partial charge in [-0.3, -0.25) is 0 Å². The molecule has 0 radical (unpaired) electrons. The van der Waals surface area contributed by atoms with Crippen molar-refractivity contribution in [1.29, 1.82) is 0 Å². The highest BCUT2D eigenvalue weighted by molar-refractivity contribution is 3.34. The lowest BCUT2D eigenvalue weighted by atomic mass is 11.8. The Labute approximate surface area is 29.8 Å². The van der Waals surface area contributed by atoms with Crippen molar-refractivity contribution in [2.75, 3.05) is 7.11 Å². The van der Waals surface area contributed by atoms with E-state index in [1.807, 2.05) is 0 Å². The molecule has 4 N–H and O–H groups in total. The minimum atomic E-state index is 0. The zero-order valence-corrected chi connectivity index (χ0v) is 2.97. The molecule has 4 nitrogen and oxygen atoms in total. The van der Waals surface area contributed by atoms with Crippen molar-refractivity contribution in [3.63, 3.8) is 0 Å². The molecule has 0 atom stereocenters. The summed E-state index contributed by atoms with van der Waals surface area (Å²) < 4.78 is 0. The van der Waals surface area contributed by atoms with Crippen LogP contribution in [0.2, 0.25) is 0 Å². The summed E-state index contributed by atoms with van der Waals surface area (Å²) >= 11 is 0. The Kier molecular flexibility index (Phi) is 16.2. The van der Waals surface area contributed by atoms with Crippen LogP contribution in [0.1, 0.15) is 0 Å². The minimum absolute atomic E-state index is 0. The molecule has 0 unspecified atom stereocenters. The highest BCUT2D eigenvalue weighted by Gasteiger charge is 1.50. The Bertz CT molecular complexity index is 8.85. The summed E-state index contributed by atoms with van der Waals surface area (Å²) in [7, 11) is 1.21. The molecular weight excluding hydrogens is 74.0 g/mol. The van der Waals surface area contributed by atoms with Crippen molar-refractivity contribution >= 4 is 0 Å². The van der Waals surface area contributed by atoms with E-state index in [2.05, 4.69) is 9.93 Å². The van der Waals surface area contributed by atoms with E-state index in [0.717, 1.165) is 0 Å². The van der Waals surface area contributed by atoms with Crippen molar-refractivity contribution < 1.29 is 15.2 Å². The molecule has 0 aliphatic carbocycles. The van der Waals surface area contributed by atoms with Crippen LogP contribution in [0.4, 0.5) is 0 Å². The molecule has 0 aromatic carbocycles. The van der Waals surface area contributed by atoms with Gasteiger partial charge in [0.05, 0.1) is 7.11 Å². The minimum Gasteiger partial charge on any atom is -0.344 e. The SMILES string of the molecule is COOO.N. The predicted molar refractivity (Wildman–Crippen MR) is 15.7 cm³/mol. The molecule has 5 heavy (non-hydrogen) atoms. The van der Waals surface area contributed by atoms with Gasteiger partial charge in [-0.15, -0.1) is 0 Å². The molecule has 0 aliphatic rings. The molecule has 4 heteroatoms. The molecule has 0 aliphatic heterocycles. The van der Waals surface area contributed by atoms with Gasteiger partial charge in [-0.25, -0.2) is 10.1 Å². The molecule has 34 valence electrons. The molecule has 0 saturated heterocycles. The van der Waals surface area contributed by atoms with Crippen LogP contribution in [0.15, 0.2) is 0 Å². The van der Waals surface area contributed by atoms with Crippen molar-refractivity contribution in [3.05, 3.63) is 0 Å². The van der Waals surface area contributed by atoms with Gasteiger partial charge in [0, 0.05) is 0 Å². The molecule has 0 aromatic rings. The number of hydrogen-bond acceptors (Lipinski definition) is 4. The van der Waals surface area contributed by atoms with E-state index in [4.69, 9.17) is 5.26 Å². The maximum atomic E-state index is 7.15. The second kappa shape index (κ2) is 9.15. The quantitative estimate of drug-likeness (QED) is 0.349. The van der Waals surface area contributed by atoms with E-state index < -0.39 is 0 Å². The maximum Gasteiger partial charge on any atom is 0.0744 e. The van der Waals surface area contributed by atoms with Crippen molar-refractivity contribution in [2.45, 2.75) is 0 Å². The Morgan fingerprint density at radius 3 is 1.80 bits per heavy atom. The van der Waals surface area contributed by atoms with Gasteiger partial charge < -0.3 is 6.15 Å². The first kappa shape index (κ1) is 8.85. The van der Waals surface area contributed by atoms with E-state index in [1.54, 1.807) is 0 Å². The molecule has 0 aromatic heterocycles. The standard InChI is InChI=1S/CH4O3.H3N/c1-3-4-2;/h2H,1H3;1H3.